The molecule has 0 saturated heterocycles. The number of esters is 1. The van der Waals surface area contributed by atoms with Gasteiger partial charge in [-0.3, -0.25) is 19.3 Å². The highest BCUT2D eigenvalue weighted by molar-refractivity contribution is 9.10. The molecule has 1 atom stereocenters. The highest BCUT2D eigenvalue weighted by Crippen LogP contribution is 2.22. The minimum Gasteiger partial charge on any atom is -0.469 e. The summed E-state index contributed by atoms with van der Waals surface area (Å²) in [5, 5.41) is 2.82. The lowest BCUT2D eigenvalue weighted by molar-refractivity contribution is -0.141. The Morgan fingerprint density at radius 3 is 2.57 bits per heavy atom. The van der Waals surface area contributed by atoms with Crippen molar-refractivity contribution in [2.75, 3.05) is 13.7 Å². The smallest absolute Gasteiger partial charge is 0.307 e. The zero-order valence-corrected chi connectivity index (χ0v) is 18.5. The van der Waals surface area contributed by atoms with Crippen molar-refractivity contribution >= 4 is 43.7 Å². The predicted octanol–water partition coefficient (Wildman–Crippen LogP) is 2.30. The number of hydrogen-bond acceptors (Lipinski definition) is 6. The van der Waals surface area contributed by atoms with Gasteiger partial charge in [0.1, 0.15) is 5.84 Å². The number of amidine groups is 1. The van der Waals surface area contributed by atoms with Gasteiger partial charge in [-0.2, -0.15) is 0 Å². The van der Waals surface area contributed by atoms with E-state index in [2.05, 4.69) is 31.0 Å². The van der Waals surface area contributed by atoms with Crippen LogP contribution in [0.15, 0.2) is 62.9 Å². The van der Waals surface area contributed by atoms with Crippen molar-refractivity contribution in [1.29, 1.82) is 0 Å². The second-order valence-corrected chi connectivity index (χ2v) is 9.10. The Labute approximate surface area is 182 Å². The molecule has 0 saturated carbocycles. The fourth-order valence-corrected chi connectivity index (χ4v) is 4.50. The highest BCUT2D eigenvalue weighted by Gasteiger charge is 2.30. The predicted molar refractivity (Wildman–Crippen MR) is 114 cm³/mol. The van der Waals surface area contributed by atoms with Gasteiger partial charge in [-0.25, -0.2) is 8.42 Å². The Hall–Kier alpha value is -2.72. The van der Waals surface area contributed by atoms with Gasteiger partial charge in [0, 0.05) is 16.5 Å². The molecule has 1 aliphatic heterocycles. The fourth-order valence-electron chi connectivity index (χ4n) is 2.98. The van der Waals surface area contributed by atoms with Gasteiger partial charge in [0.2, 0.25) is 5.91 Å². The van der Waals surface area contributed by atoms with E-state index >= 15 is 0 Å². The number of aliphatic imine (C=N–C) groups is 1. The molecule has 2 aromatic rings. The summed E-state index contributed by atoms with van der Waals surface area (Å²) < 4.78 is 32.2. The number of rotatable bonds is 7. The molecule has 158 valence electrons. The number of hydrogen-bond donors (Lipinski definition) is 2. The standard InChI is InChI=1S/C20H20BrN3O5S/c1-29-19(26)12-16(13-6-8-14(21)9-7-13)23-18(25)10-11-22-20-15-4-2-3-5-17(15)30(27,28)24-20/h2-9,16H,10-12H2,1H3,(H,22,24)(H,23,25). The molecular formula is C20H20BrN3O5S. The van der Waals surface area contributed by atoms with Crippen LogP contribution in [0.3, 0.4) is 0 Å². The number of carbonyl (C=O) groups is 2. The van der Waals surface area contributed by atoms with E-state index in [9.17, 15) is 18.0 Å². The summed E-state index contributed by atoms with van der Waals surface area (Å²) >= 11 is 3.35. The van der Waals surface area contributed by atoms with Crippen LogP contribution in [0, 0.1) is 0 Å². The normalized spacial score (nSPS) is 16.4. The fraction of sp³-hybridized carbons (Fsp3) is 0.250. The van der Waals surface area contributed by atoms with Gasteiger partial charge in [-0.15, -0.1) is 0 Å². The second kappa shape index (κ2) is 9.40. The summed E-state index contributed by atoms with van der Waals surface area (Å²) in [5.74, 6) is -0.539. The molecule has 1 aliphatic rings. The van der Waals surface area contributed by atoms with Gasteiger partial charge < -0.3 is 10.1 Å². The summed E-state index contributed by atoms with van der Waals surface area (Å²) in [6.45, 7) is 0.0866. The van der Waals surface area contributed by atoms with E-state index in [0.717, 1.165) is 10.0 Å². The van der Waals surface area contributed by atoms with Crippen LogP contribution in [0.2, 0.25) is 0 Å². The molecule has 1 heterocycles. The molecule has 2 aromatic carbocycles. The Balaban J connectivity index is 1.65. The Morgan fingerprint density at radius 1 is 1.17 bits per heavy atom. The third kappa shape index (κ3) is 5.25. The molecule has 8 nitrogen and oxygen atoms in total. The molecule has 0 spiro atoms. The molecule has 1 unspecified atom stereocenters. The zero-order chi connectivity index (χ0) is 21.7. The van der Waals surface area contributed by atoms with Crippen LogP contribution in [-0.2, 0) is 24.3 Å². The average molecular weight is 494 g/mol. The molecule has 0 aliphatic carbocycles. The Bertz CT molecular complexity index is 1080. The van der Waals surface area contributed by atoms with Crippen molar-refractivity contribution in [2.24, 2.45) is 4.99 Å². The van der Waals surface area contributed by atoms with Gasteiger partial charge in [0.25, 0.3) is 10.0 Å². The maximum absolute atomic E-state index is 12.4. The van der Waals surface area contributed by atoms with Crippen LogP contribution in [0.25, 0.3) is 0 Å². The quantitative estimate of drug-likeness (QED) is 0.574. The first kappa shape index (κ1) is 22.0. The summed E-state index contributed by atoms with van der Waals surface area (Å²) in [5.41, 5.74) is 1.25. The number of benzene rings is 2. The van der Waals surface area contributed by atoms with Gasteiger partial charge in [0.05, 0.1) is 31.0 Å². The number of nitrogens with zero attached hydrogens (tertiary/aromatic N) is 1. The van der Waals surface area contributed by atoms with Gasteiger partial charge in [-0.1, -0.05) is 40.2 Å². The number of carbonyl (C=O) groups excluding carboxylic acids is 2. The third-order valence-corrected chi connectivity index (χ3v) is 6.40. The van der Waals surface area contributed by atoms with Gasteiger partial charge in [-0.05, 0) is 29.8 Å². The van der Waals surface area contributed by atoms with Gasteiger partial charge in [0.15, 0.2) is 0 Å². The van der Waals surface area contributed by atoms with E-state index in [-0.39, 0.29) is 36.0 Å². The van der Waals surface area contributed by atoms with E-state index in [0.29, 0.717) is 5.56 Å². The van der Waals surface area contributed by atoms with Gasteiger partial charge >= 0.3 is 5.97 Å². The Kier molecular flexibility index (Phi) is 6.88. The van der Waals surface area contributed by atoms with Crippen LogP contribution in [0.4, 0.5) is 0 Å². The maximum Gasteiger partial charge on any atom is 0.307 e. The molecule has 0 bridgehead atoms. The monoisotopic (exact) mass is 493 g/mol. The Morgan fingerprint density at radius 2 is 1.87 bits per heavy atom. The van der Waals surface area contributed by atoms with Crippen LogP contribution in [-0.4, -0.2) is 39.8 Å². The number of halogens is 1. The summed E-state index contributed by atoms with van der Waals surface area (Å²) in [7, 11) is -2.33. The molecule has 30 heavy (non-hydrogen) atoms. The molecule has 10 heteroatoms. The molecule has 0 aromatic heterocycles. The van der Waals surface area contributed by atoms with E-state index in [1.807, 2.05) is 24.3 Å². The van der Waals surface area contributed by atoms with E-state index in [1.165, 1.54) is 13.2 Å². The largest absolute Gasteiger partial charge is 0.469 e. The minimum atomic E-state index is -3.62. The van der Waals surface area contributed by atoms with Crippen molar-refractivity contribution in [2.45, 2.75) is 23.8 Å². The van der Waals surface area contributed by atoms with E-state index in [1.54, 1.807) is 18.2 Å². The summed E-state index contributed by atoms with van der Waals surface area (Å²) in [4.78, 5) is 28.6. The summed E-state index contributed by atoms with van der Waals surface area (Å²) in [6.07, 6.45) is 0.0210. The molecule has 0 fully saturated rings. The topological polar surface area (TPSA) is 114 Å². The SMILES string of the molecule is COC(=O)CC(NC(=O)CCN=C1NS(=O)(=O)c2ccccc21)c1ccc(Br)cc1. The average Bonchev–Trinajstić information content (AvgIpc) is 2.98. The molecular weight excluding hydrogens is 474 g/mol. The number of ether oxygens (including phenoxy) is 1. The molecule has 1 amide bonds. The molecule has 2 N–H and O–H groups in total. The van der Waals surface area contributed by atoms with Crippen molar-refractivity contribution in [3.8, 4) is 0 Å². The first-order valence-corrected chi connectivity index (χ1v) is 11.4. The van der Waals surface area contributed by atoms with Crippen LogP contribution >= 0.6 is 15.9 Å². The van der Waals surface area contributed by atoms with Crippen molar-refractivity contribution in [3.05, 3.63) is 64.1 Å². The van der Waals surface area contributed by atoms with Crippen molar-refractivity contribution in [1.82, 2.24) is 10.0 Å². The highest BCUT2D eigenvalue weighted by atomic mass is 79.9. The number of amides is 1. The number of fused-ring (bicyclic) bond motifs is 1. The second-order valence-electron chi connectivity index (χ2n) is 6.53. The van der Waals surface area contributed by atoms with E-state index in [4.69, 9.17) is 4.74 Å². The zero-order valence-electron chi connectivity index (χ0n) is 16.1. The number of sulfonamides is 1. The lowest BCUT2D eigenvalue weighted by Crippen LogP contribution is -2.31. The molecule has 3 rings (SSSR count). The number of nitrogens with one attached hydrogen (secondary N) is 2. The lowest BCUT2D eigenvalue weighted by Gasteiger charge is -2.18. The van der Waals surface area contributed by atoms with Crippen LogP contribution in [0.5, 0.6) is 0 Å². The van der Waals surface area contributed by atoms with Crippen LogP contribution < -0.4 is 10.0 Å². The number of methoxy groups -OCH3 is 1. The molecule has 0 radical (unpaired) electrons. The third-order valence-electron chi connectivity index (χ3n) is 4.48. The van der Waals surface area contributed by atoms with Crippen molar-refractivity contribution < 1.29 is 22.7 Å². The van der Waals surface area contributed by atoms with E-state index < -0.39 is 22.0 Å². The minimum absolute atomic E-state index is 0.00837. The van der Waals surface area contributed by atoms with Crippen LogP contribution in [0.1, 0.15) is 30.0 Å². The van der Waals surface area contributed by atoms with Crippen molar-refractivity contribution in [3.63, 3.8) is 0 Å². The first-order chi connectivity index (χ1) is 14.3. The first-order valence-electron chi connectivity index (χ1n) is 9.08. The lowest BCUT2D eigenvalue weighted by atomic mass is 10.0. The summed E-state index contributed by atoms with van der Waals surface area (Å²) in [6, 6.07) is 13.2. The maximum atomic E-state index is 12.4.